The van der Waals surface area contributed by atoms with Crippen molar-refractivity contribution in [2.24, 2.45) is 5.92 Å². The van der Waals surface area contributed by atoms with Crippen LogP contribution in [0.3, 0.4) is 0 Å². The highest BCUT2D eigenvalue weighted by Gasteiger charge is 2.14. The Labute approximate surface area is 167 Å². The average molecular weight is 396 g/mol. The molecule has 0 aliphatic carbocycles. The van der Waals surface area contributed by atoms with Crippen molar-refractivity contribution in [3.05, 3.63) is 72.6 Å². The number of amides is 2. The van der Waals surface area contributed by atoms with Crippen LogP contribution in [0.15, 0.2) is 61.1 Å². The summed E-state index contributed by atoms with van der Waals surface area (Å²) in [4.78, 5) is 28.5. The predicted molar refractivity (Wildman–Crippen MR) is 108 cm³/mol. The van der Waals surface area contributed by atoms with Gasteiger partial charge in [0.05, 0.1) is 19.1 Å². The number of ether oxygens (including phenoxy) is 1. The van der Waals surface area contributed by atoms with Crippen molar-refractivity contribution in [3.8, 4) is 5.69 Å². The van der Waals surface area contributed by atoms with Crippen LogP contribution >= 0.6 is 0 Å². The third-order valence-electron chi connectivity index (χ3n) is 3.89. The lowest BCUT2D eigenvalue weighted by Gasteiger charge is -2.11. The standard InChI is InChI=1S/C21H21FN4O3/c1-14(2)12-29-21(28)25-17-5-3-4-16(10-17)24-20(27)19-11-23-13-26(19)18-8-6-15(22)7-9-18/h3-11,13-14H,12H2,1-2H3,(H,24,27)(H,25,28). The Bertz CT molecular complexity index is 999. The summed E-state index contributed by atoms with van der Waals surface area (Å²) in [6.07, 6.45) is 2.34. The molecule has 0 atom stereocenters. The summed E-state index contributed by atoms with van der Waals surface area (Å²) in [6.45, 7) is 4.20. The second-order valence-electron chi connectivity index (χ2n) is 6.78. The number of carbonyl (C=O) groups excluding carboxylic acids is 2. The fourth-order valence-corrected chi connectivity index (χ4v) is 2.54. The van der Waals surface area contributed by atoms with E-state index in [0.717, 1.165) is 0 Å². The normalized spacial score (nSPS) is 10.6. The van der Waals surface area contributed by atoms with E-state index in [-0.39, 0.29) is 17.4 Å². The number of halogens is 1. The molecule has 2 aromatic carbocycles. The highest BCUT2D eigenvalue weighted by Crippen LogP contribution is 2.18. The van der Waals surface area contributed by atoms with Gasteiger partial charge in [0.2, 0.25) is 0 Å². The molecule has 0 unspecified atom stereocenters. The van der Waals surface area contributed by atoms with Crippen molar-refractivity contribution in [1.82, 2.24) is 9.55 Å². The monoisotopic (exact) mass is 396 g/mol. The van der Waals surface area contributed by atoms with Crippen LogP contribution in [0.4, 0.5) is 20.6 Å². The van der Waals surface area contributed by atoms with Gasteiger partial charge in [0.15, 0.2) is 0 Å². The summed E-state index contributed by atoms with van der Waals surface area (Å²) < 4.78 is 19.8. The quantitative estimate of drug-likeness (QED) is 0.644. The lowest BCUT2D eigenvalue weighted by molar-refractivity contribution is 0.102. The fourth-order valence-electron chi connectivity index (χ4n) is 2.54. The van der Waals surface area contributed by atoms with E-state index in [1.165, 1.54) is 24.7 Å². The molecule has 0 radical (unpaired) electrons. The molecule has 1 heterocycles. The minimum atomic E-state index is -0.559. The molecule has 0 bridgehead atoms. The molecule has 0 aliphatic heterocycles. The molecule has 7 nitrogen and oxygen atoms in total. The summed E-state index contributed by atoms with van der Waals surface area (Å²) in [5, 5.41) is 5.39. The van der Waals surface area contributed by atoms with E-state index in [1.54, 1.807) is 41.0 Å². The lowest BCUT2D eigenvalue weighted by atomic mass is 10.2. The smallest absolute Gasteiger partial charge is 0.411 e. The van der Waals surface area contributed by atoms with Crippen LogP contribution in [-0.4, -0.2) is 28.2 Å². The van der Waals surface area contributed by atoms with Gasteiger partial charge in [-0.25, -0.2) is 14.2 Å². The number of rotatable bonds is 6. The second-order valence-corrected chi connectivity index (χ2v) is 6.78. The lowest BCUT2D eigenvalue weighted by Crippen LogP contribution is -2.18. The first-order valence-electron chi connectivity index (χ1n) is 9.06. The summed E-state index contributed by atoms with van der Waals surface area (Å²) in [5.74, 6) is -0.528. The zero-order valence-electron chi connectivity index (χ0n) is 16.1. The highest BCUT2D eigenvalue weighted by molar-refractivity contribution is 6.03. The first-order valence-corrected chi connectivity index (χ1v) is 9.06. The van der Waals surface area contributed by atoms with E-state index in [2.05, 4.69) is 15.6 Å². The third-order valence-corrected chi connectivity index (χ3v) is 3.89. The fraction of sp³-hybridized carbons (Fsp3) is 0.190. The Morgan fingerprint density at radius 1 is 1.10 bits per heavy atom. The number of benzene rings is 2. The van der Waals surface area contributed by atoms with Crippen LogP contribution in [0.2, 0.25) is 0 Å². The molecule has 0 fully saturated rings. The largest absolute Gasteiger partial charge is 0.449 e. The van der Waals surface area contributed by atoms with Gasteiger partial charge in [0.1, 0.15) is 11.5 Å². The van der Waals surface area contributed by atoms with E-state index in [4.69, 9.17) is 4.74 Å². The van der Waals surface area contributed by atoms with Gasteiger partial charge in [-0.1, -0.05) is 19.9 Å². The van der Waals surface area contributed by atoms with Crippen molar-refractivity contribution in [3.63, 3.8) is 0 Å². The van der Waals surface area contributed by atoms with Crippen molar-refractivity contribution in [2.45, 2.75) is 13.8 Å². The molecule has 0 spiro atoms. The zero-order valence-corrected chi connectivity index (χ0v) is 16.1. The Morgan fingerprint density at radius 2 is 1.79 bits per heavy atom. The Hall–Kier alpha value is -3.68. The van der Waals surface area contributed by atoms with Gasteiger partial charge >= 0.3 is 6.09 Å². The first kappa shape index (κ1) is 20.1. The van der Waals surface area contributed by atoms with Crippen LogP contribution < -0.4 is 10.6 Å². The van der Waals surface area contributed by atoms with Crippen molar-refractivity contribution in [1.29, 1.82) is 0 Å². The Morgan fingerprint density at radius 3 is 2.48 bits per heavy atom. The molecule has 8 heteroatoms. The van der Waals surface area contributed by atoms with Crippen LogP contribution in [0, 0.1) is 11.7 Å². The van der Waals surface area contributed by atoms with Gasteiger partial charge in [0, 0.05) is 17.1 Å². The third kappa shape index (κ3) is 5.41. The number of imidazole rings is 1. The van der Waals surface area contributed by atoms with Crippen LogP contribution in [0.25, 0.3) is 5.69 Å². The van der Waals surface area contributed by atoms with Gasteiger partial charge in [-0.05, 0) is 48.4 Å². The molecule has 0 saturated heterocycles. The maximum Gasteiger partial charge on any atom is 0.411 e. The SMILES string of the molecule is CC(C)COC(=O)Nc1cccc(NC(=O)c2cncn2-c2ccc(F)cc2)c1. The van der Waals surface area contributed by atoms with Crippen molar-refractivity contribution < 1.29 is 18.7 Å². The number of anilines is 2. The average Bonchev–Trinajstić information content (AvgIpc) is 3.17. The number of hydrogen-bond donors (Lipinski definition) is 2. The summed E-state index contributed by atoms with van der Waals surface area (Å²) in [7, 11) is 0. The molecule has 150 valence electrons. The maximum atomic E-state index is 13.1. The minimum Gasteiger partial charge on any atom is -0.449 e. The summed E-state index contributed by atoms with van der Waals surface area (Å²) >= 11 is 0. The minimum absolute atomic E-state index is 0.234. The molecule has 0 saturated carbocycles. The van der Waals surface area contributed by atoms with Gasteiger partial charge in [-0.3, -0.25) is 14.7 Å². The number of aromatic nitrogens is 2. The van der Waals surface area contributed by atoms with Crippen molar-refractivity contribution in [2.75, 3.05) is 17.2 Å². The molecule has 3 rings (SSSR count). The predicted octanol–water partition coefficient (Wildman–Crippen LogP) is 4.47. The number of hydrogen-bond acceptors (Lipinski definition) is 4. The van der Waals surface area contributed by atoms with Crippen LogP contribution in [0.5, 0.6) is 0 Å². The summed E-state index contributed by atoms with van der Waals surface area (Å²) in [5.41, 5.74) is 1.87. The van der Waals surface area contributed by atoms with Gasteiger partial charge < -0.3 is 10.1 Å². The van der Waals surface area contributed by atoms with Gasteiger partial charge in [-0.15, -0.1) is 0 Å². The molecule has 2 amide bonds. The van der Waals surface area contributed by atoms with Crippen molar-refractivity contribution >= 4 is 23.4 Å². The second kappa shape index (κ2) is 9.01. The van der Waals surface area contributed by atoms with E-state index in [1.807, 2.05) is 13.8 Å². The topological polar surface area (TPSA) is 85.2 Å². The van der Waals surface area contributed by atoms with E-state index in [9.17, 15) is 14.0 Å². The van der Waals surface area contributed by atoms with Crippen LogP contribution in [0.1, 0.15) is 24.3 Å². The first-order chi connectivity index (χ1) is 13.9. The molecular formula is C21H21FN4O3. The highest BCUT2D eigenvalue weighted by atomic mass is 19.1. The van der Waals surface area contributed by atoms with E-state index >= 15 is 0 Å². The molecule has 2 N–H and O–H groups in total. The molecule has 3 aromatic rings. The Balaban J connectivity index is 1.70. The molecule has 1 aromatic heterocycles. The molecule has 0 aliphatic rings. The van der Waals surface area contributed by atoms with Gasteiger partial charge in [0.25, 0.3) is 5.91 Å². The van der Waals surface area contributed by atoms with Gasteiger partial charge in [-0.2, -0.15) is 0 Å². The van der Waals surface area contributed by atoms with E-state index < -0.39 is 12.0 Å². The number of nitrogens with one attached hydrogen (secondary N) is 2. The molecule has 29 heavy (non-hydrogen) atoms. The summed E-state index contributed by atoms with van der Waals surface area (Å²) in [6, 6.07) is 12.4. The Kier molecular flexibility index (Phi) is 6.23. The zero-order chi connectivity index (χ0) is 20.8. The number of nitrogens with zero attached hydrogens (tertiary/aromatic N) is 2. The molecular weight excluding hydrogens is 375 g/mol. The van der Waals surface area contributed by atoms with E-state index in [0.29, 0.717) is 23.7 Å². The van der Waals surface area contributed by atoms with Crippen LogP contribution in [-0.2, 0) is 4.74 Å². The maximum absolute atomic E-state index is 13.1. The number of carbonyl (C=O) groups is 2.